The van der Waals surface area contributed by atoms with Crippen LogP contribution in [0.3, 0.4) is 0 Å². The molecule has 0 aliphatic heterocycles. The van der Waals surface area contributed by atoms with E-state index in [0.717, 1.165) is 18.2 Å². The number of aliphatic hydroxyl groups excluding tert-OH is 1. The highest BCUT2D eigenvalue weighted by Crippen LogP contribution is 2.28. The first kappa shape index (κ1) is 14.8. The Bertz CT molecular complexity index is 645. The van der Waals surface area contributed by atoms with Crippen LogP contribution < -0.4 is 0 Å². The van der Waals surface area contributed by atoms with E-state index in [0.29, 0.717) is 6.07 Å². The number of hydrogen-bond donors (Lipinski definition) is 1. The van der Waals surface area contributed by atoms with Crippen LogP contribution in [-0.4, -0.2) is 5.11 Å². The van der Waals surface area contributed by atoms with Crippen molar-refractivity contribution < 1.29 is 22.7 Å². The van der Waals surface area contributed by atoms with Crippen LogP contribution in [0.15, 0.2) is 30.3 Å². The van der Waals surface area contributed by atoms with Crippen molar-refractivity contribution in [1.82, 2.24) is 0 Å². The van der Waals surface area contributed by atoms with Crippen LogP contribution in [0.2, 0.25) is 5.02 Å². The summed E-state index contributed by atoms with van der Waals surface area (Å²) in [5.41, 5.74) is -0.0195. The van der Waals surface area contributed by atoms with Crippen LogP contribution in [0.4, 0.5) is 17.6 Å². The molecule has 0 heterocycles. The fourth-order valence-corrected chi connectivity index (χ4v) is 2.08. The topological polar surface area (TPSA) is 20.2 Å². The first-order valence-corrected chi connectivity index (χ1v) is 6.02. The smallest absolute Gasteiger partial charge is 0.160 e. The zero-order chi connectivity index (χ0) is 14.9. The summed E-state index contributed by atoms with van der Waals surface area (Å²) in [6.07, 6.45) is -1.57. The van der Waals surface area contributed by atoms with Gasteiger partial charge in [0.05, 0.1) is 6.10 Å². The van der Waals surface area contributed by atoms with E-state index < -0.39 is 29.4 Å². The molecule has 0 saturated carbocycles. The SMILES string of the molecule is OC(Cc1ccc(F)cc1F)c1cc(F)c(F)cc1Cl. The Balaban J connectivity index is 2.28. The lowest BCUT2D eigenvalue weighted by Gasteiger charge is -2.14. The zero-order valence-corrected chi connectivity index (χ0v) is 10.8. The Hall–Kier alpha value is -1.59. The second-order valence-electron chi connectivity index (χ2n) is 4.24. The summed E-state index contributed by atoms with van der Waals surface area (Å²) in [5, 5.41) is 9.76. The normalized spacial score (nSPS) is 12.5. The molecule has 2 aromatic carbocycles. The third kappa shape index (κ3) is 3.11. The summed E-state index contributed by atoms with van der Waals surface area (Å²) < 4.78 is 52.2. The number of hydrogen-bond acceptors (Lipinski definition) is 1. The minimum atomic E-state index is -1.34. The fraction of sp³-hybridized carbons (Fsp3) is 0.143. The summed E-state index contributed by atoms with van der Waals surface area (Å²) in [7, 11) is 0. The molecular weight excluding hydrogens is 296 g/mol. The molecule has 0 aliphatic carbocycles. The molecule has 2 aromatic rings. The average molecular weight is 305 g/mol. The van der Waals surface area contributed by atoms with E-state index in [1.165, 1.54) is 6.07 Å². The summed E-state index contributed by atoms with van der Waals surface area (Å²) in [5.74, 6) is -3.88. The molecule has 0 amide bonds. The van der Waals surface area contributed by atoms with Crippen LogP contribution in [0.1, 0.15) is 17.2 Å². The lowest BCUT2D eigenvalue weighted by atomic mass is 10.0. The molecule has 0 radical (unpaired) electrons. The Morgan fingerprint density at radius 3 is 2.25 bits per heavy atom. The molecule has 20 heavy (non-hydrogen) atoms. The van der Waals surface area contributed by atoms with Crippen molar-refractivity contribution in [2.45, 2.75) is 12.5 Å². The van der Waals surface area contributed by atoms with E-state index in [2.05, 4.69) is 0 Å². The van der Waals surface area contributed by atoms with Crippen LogP contribution in [0.5, 0.6) is 0 Å². The van der Waals surface area contributed by atoms with Crippen molar-refractivity contribution in [1.29, 1.82) is 0 Å². The van der Waals surface area contributed by atoms with Crippen LogP contribution >= 0.6 is 11.6 Å². The minimum absolute atomic E-state index is 0.0414. The number of halogens is 5. The standard InChI is InChI=1S/C14H9ClF4O/c15-10-6-13(19)12(18)5-9(10)14(20)3-7-1-2-8(16)4-11(7)17/h1-2,4-6,14,20H,3H2. The fourth-order valence-electron chi connectivity index (χ4n) is 1.80. The largest absolute Gasteiger partial charge is 0.388 e. The van der Waals surface area contributed by atoms with Gasteiger partial charge in [-0.2, -0.15) is 0 Å². The van der Waals surface area contributed by atoms with E-state index in [-0.39, 0.29) is 22.6 Å². The second kappa shape index (κ2) is 5.81. The van der Waals surface area contributed by atoms with Gasteiger partial charge < -0.3 is 5.11 Å². The lowest BCUT2D eigenvalue weighted by Crippen LogP contribution is -2.06. The van der Waals surface area contributed by atoms with E-state index in [1.807, 2.05) is 0 Å². The average Bonchev–Trinajstić information content (AvgIpc) is 2.37. The zero-order valence-electron chi connectivity index (χ0n) is 10.0. The van der Waals surface area contributed by atoms with Gasteiger partial charge in [-0.25, -0.2) is 17.6 Å². The molecule has 6 heteroatoms. The van der Waals surface area contributed by atoms with Gasteiger partial charge in [0.1, 0.15) is 11.6 Å². The molecule has 1 N–H and O–H groups in total. The third-order valence-electron chi connectivity index (χ3n) is 2.83. The van der Waals surface area contributed by atoms with Gasteiger partial charge in [-0.1, -0.05) is 17.7 Å². The maximum absolute atomic E-state index is 13.5. The molecule has 1 nitrogen and oxygen atoms in total. The number of rotatable bonds is 3. The molecule has 0 aliphatic rings. The predicted octanol–water partition coefficient (Wildman–Crippen LogP) is 4.17. The van der Waals surface area contributed by atoms with E-state index in [4.69, 9.17) is 11.6 Å². The maximum Gasteiger partial charge on any atom is 0.160 e. The molecule has 1 unspecified atom stereocenters. The lowest BCUT2D eigenvalue weighted by molar-refractivity contribution is 0.176. The predicted molar refractivity (Wildman–Crippen MR) is 66.4 cm³/mol. The first-order chi connectivity index (χ1) is 9.38. The van der Waals surface area contributed by atoms with E-state index in [9.17, 15) is 22.7 Å². The van der Waals surface area contributed by atoms with Crippen LogP contribution in [-0.2, 0) is 6.42 Å². The molecule has 0 spiro atoms. The Labute approximate surface area is 117 Å². The van der Waals surface area contributed by atoms with E-state index in [1.54, 1.807) is 0 Å². The van der Waals surface area contributed by atoms with Gasteiger partial charge in [0, 0.05) is 23.1 Å². The molecule has 2 rings (SSSR count). The van der Waals surface area contributed by atoms with Crippen molar-refractivity contribution in [3.63, 3.8) is 0 Å². The molecule has 1 atom stereocenters. The Morgan fingerprint density at radius 1 is 0.950 bits per heavy atom. The molecule has 0 aromatic heterocycles. The van der Waals surface area contributed by atoms with Gasteiger partial charge in [0.15, 0.2) is 11.6 Å². The summed E-state index contributed by atoms with van der Waals surface area (Å²) in [4.78, 5) is 0. The molecule has 0 fully saturated rings. The van der Waals surface area contributed by atoms with Gasteiger partial charge in [-0.15, -0.1) is 0 Å². The number of aliphatic hydroxyl groups is 1. The summed E-state index contributed by atoms with van der Waals surface area (Å²) in [6.45, 7) is 0. The second-order valence-corrected chi connectivity index (χ2v) is 4.65. The van der Waals surface area contributed by atoms with Gasteiger partial charge >= 0.3 is 0 Å². The highest BCUT2D eigenvalue weighted by atomic mass is 35.5. The van der Waals surface area contributed by atoms with Gasteiger partial charge in [0.25, 0.3) is 0 Å². The monoisotopic (exact) mass is 304 g/mol. The third-order valence-corrected chi connectivity index (χ3v) is 3.15. The van der Waals surface area contributed by atoms with Crippen LogP contribution in [0.25, 0.3) is 0 Å². The summed E-state index contributed by atoms with van der Waals surface area (Å²) in [6, 6.07) is 4.37. The van der Waals surface area contributed by atoms with Crippen LogP contribution in [0, 0.1) is 23.3 Å². The van der Waals surface area contributed by atoms with Crippen molar-refractivity contribution in [3.05, 3.63) is 69.8 Å². The van der Waals surface area contributed by atoms with Gasteiger partial charge in [0.2, 0.25) is 0 Å². The van der Waals surface area contributed by atoms with Gasteiger partial charge in [-0.3, -0.25) is 0 Å². The van der Waals surface area contributed by atoms with Gasteiger partial charge in [-0.05, 0) is 23.8 Å². The molecule has 0 saturated heterocycles. The summed E-state index contributed by atoms with van der Waals surface area (Å²) >= 11 is 5.71. The Kier molecular flexibility index (Phi) is 4.30. The highest BCUT2D eigenvalue weighted by Gasteiger charge is 2.17. The first-order valence-electron chi connectivity index (χ1n) is 5.65. The number of benzene rings is 2. The van der Waals surface area contributed by atoms with Crippen molar-refractivity contribution in [3.8, 4) is 0 Å². The maximum atomic E-state index is 13.5. The van der Waals surface area contributed by atoms with Crippen molar-refractivity contribution in [2.75, 3.05) is 0 Å². The quantitative estimate of drug-likeness (QED) is 0.666. The van der Waals surface area contributed by atoms with E-state index >= 15 is 0 Å². The highest BCUT2D eigenvalue weighted by molar-refractivity contribution is 6.31. The molecule has 0 bridgehead atoms. The van der Waals surface area contributed by atoms with Crippen molar-refractivity contribution in [2.24, 2.45) is 0 Å². The minimum Gasteiger partial charge on any atom is -0.388 e. The molecular formula is C14H9ClF4O. The van der Waals surface area contributed by atoms with Crippen molar-refractivity contribution >= 4 is 11.6 Å². The Morgan fingerprint density at radius 2 is 1.60 bits per heavy atom. The molecule has 106 valence electrons.